The fourth-order valence-electron chi connectivity index (χ4n) is 2.69. The van der Waals surface area contributed by atoms with E-state index in [2.05, 4.69) is 5.32 Å². The Hall–Kier alpha value is -2.56. The maximum absolute atomic E-state index is 12.6. The van der Waals surface area contributed by atoms with Crippen LogP contribution in [0.15, 0.2) is 40.8 Å². The molecule has 0 spiro atoms. The molecule has 0 saturated carbocycles. The Bertz CT molecular complexity index is 705. The minimum absolute atomic E-state index is 0.0872. The third-order valence-corrected chi connectivity index (χ3v) is 3.54. The van der Waals surface area contributed by atoms with Crippen LogP contribution in [0.5, 0.6) is 0 Å². The van der Waals surface area contributed by atoms with Gasteiger partial charge in [-0.3, -0.25) is 14.9 Å². The summed E-state index contributed by atoms with van der Waals surface area (Å²) in [5.41, 5.74) is 2.08. The van der Waals surface area contributed by atoms with Crippen LogP contribution in [-0.4, -0.2) is 17.9 Å². The molecule has 1 atom stereocenters. The predicted molar refractivity (Wildman–Crippen MR) is 79.4 cm³/mol. The average molecular weight is 284 g/mol. The van der Waals surface area contributed by atoms with Gasteiger partial charge in [0.1, 0.15) is 0 Å². The van der Waals surface area contributed by atoms with Gasteiger partial charge in [-0.2, -0.15) is 0 Å². The van der Waals surface area contributed by atoms with Crippen LogP contribution in [0.2, 0.25) is 0 Å². The second-order valence-electron chi connectivity index (χ2n) is 5.20. The Morgan fingerprint density at radius 3 is 2.76 bits per heavy atom. The molecule has 1 aromatic carbocycles. The van der Waals surface area contributed by atoms with E-state index in [4.69, 9.17) is 4.42 Å². The molecule has 5 heteroatoms. The van der Waals surface area contributed by atoms with Crippen molar-refractivity contribution in [3.8, 4) is 0 Å². The smallest absolute Gasteiger partial charge is 0.294 e. The van der Waals surface area contributed by atoms with E-state index in [1.54, 1.807) is 17.0 Å². The molecule has 1 unspecified atom stereocenters. The summed E-state index contributed by atoms with van der Waals surface area (Å²) < 4.78 is 5.41. The molecule has 2 aromatic rings. The summed E-state index contributed by atoms with van der Waals surface area (Å²) in [6.45, 7) is 3.40. The van der Waals surface area contributed by atoms with Crippen molar-refractivity contribution in [1.82, 2.24) is 0 Å². The van der Waals surface area contributed by atoms with Gasteiger partial charge in [0, 0.05) is 24.7 Å². The Kier molecular flexibility index (Phi) is 3.25. The zero-order chi connectivity index (χ0) is 15.0. The fourth-order valence-corrected chi connectivity index (χ4v) is 2.69. The molecule has 2 amide bonds. The van der Waals surface area contributed by atoms with E-state index in [-0.39, 0.29) is 29.5 Å². The lowest BCUT2D eigenvalue weighted by Crippen LogP contribution is -2.35. The van der Waals surface area contributed by atoms with E-state index in [0.717, 1.165) is 17.7 Å². The number of furan rings is 1. The van der Waals surface area contributed by atoms with Crippen molar-refractivity contribution in [2.24, 2.45) is 0 Å². The van der Waals surface area contributed by atoms with Gasteiger partial charge in [0.25, 0.3) is 5.91 Å². The molecule has 5 nitrogen and oxygen atoms in total. The molecule has 0 fully saturated rings. The van der Waals surface area contributed by atoms with Gasteiger partial charge in [-0.1, -0.05) is 18.2 Å². The number of amides is 2. The van der Waals surface area contributed by atoms with Crippen molar-refractivity contribution in [3.63, 3.8) is 0 Å². The first kappa shape index (κ1) is 13.4. The molecule has 0 bridgehead atoms. The van der Waals surface area contributed by atoms with Gasteiger partial charge in [0.2, 0.25) is 5.91 Å². The van der Waals surface area contributed by atoms with E-state index in [1.807, 2.05) is 31.2 Å². The summed E-state index contributed by atoms with van der Waals surface area (Å²) in [5, 5.41) is 2.52. The van der Waals surface area contributed by atoms with Crippen molar-refractivity contribution >= 4 is 23.4 Å². The van der Waals surface area contributed by atoms with Gasteiger partial charge in [-0.05, 0) is 31.0 Å². The van der Waals surface area contributed by atoms with Crippen LogP contribution in [0.1, 0.15) is 30.0 Å². The first-order valence-corrected chi connectivity index (χ1v) is 6.85. The average Bonchev–Trinajstić information content (AvgIpc) is 3.00. The molecule has 0 radical (unpaired) electrons. The van der Waals surface area contributed by atoms with Crippen LogP contribution in [0.25, 0.3) is 0 Å². The number of hydrogen-bond acceptors (Lipinski definition) is 3. The summed E-state index contributed by atoms with van der Waals surface area (Å²) >= 11 is 0. The van der Waals surface area contributed by atoms with Crippen LogP contribution < -0.4 is 10.2 Å². The zero-order valence-corrected chi connectivity index (χ0v) is 11.9. The van der Waals surface area contributed by atoms with Crippen LogP contribution in [0.4, 0.5) is 11.6 Å². The molecule has 108 valence electrons. The van der Waals surface area contributed by atoms with Crippen LogP contribution in [-0.2, 0) is 11.2 Å². The largest absolute Gasteiger partial charge is 0.435 e. The highest BCUT2D eigenvalue weighted by molar-refractivity contribution is 6.06. The van der Waals surface area contributed by atoms with Gasteiger partial charge >= 0.3 is 0 Å². The summed E-state index contributed by atoms with van der Waals surface area (Å²) in [4.78, 5) is 25.4. The number of para-hydroxylation sites is 1. The first-order chi connectivity index (χ1) is 10.1. The number of carbonyl (C=O) groups excluding carboxylic acids is 2. The molecular formula is C16H16N2O3. The Balaban J connectivity index is 1.88. The quantitative estimate of drug-likeness (QED) is 0.922. The van der Waals surface area contributed by atoms with Crippen molar-refractivity contribution in [2.75, 3.05) is 10.2 Å². The van der Waals surface area contributed by atoms with Gasteiger partial charge in [-0.15, -0.1) is 0 Å². The summed E-state index contributed by atoms with van der Waals surface area (Å²) in [6.07, 6.45) is 0.834. The molecule has 0 saturated heterocycles. The minimum Gasteiger partial charge on any atom is -0.435 e. The lowest BCUT2D eigenvalue weighted by molar-refractivity contribution is -0.114. The lowest BCUT2D eigenvalue weighted by Gasteiger charge is -2.21. The fraction of sp³-hybridized carbons (Fsp3) is 0.250. The van der Waals surface area contributed by atoms with E-state index >= 15 is 0 Å². The molecule has 1 aromatic heterocycles. The standard InChI is InChI=1S/C16H16N2O3/c1-10-9-12-5-3-4-6-13(12)18(10)16(20)14-7-8-15(21-14)17-11(2)19/h3-8,10H,9H2,1-2H3,(H,17,19). The molecule has 21 heavy (non-hydrogen) atoms. The topological polar surface area (TPSA) is 62.6 Å². The molecule has 0 aliphatic carbocycles. The maximum Gasteiger partial charge on any atom is 0.294 e. The monoisotopic (exact) mass is 284 g/mol. The maximum atomic E-state index is 12.6. The third-order valence-electron chi connectivity index (χ3n) is 3.54. The second-order valence-corrected chi connectivity index (χ2v) is 5.20. The van der Waals surface area contributed by atoms with Crippen LogP contribution >= 0.6 is 0 Å². The Morgan fingerprint density at radius 1 is 1.24 bits per heavy atom. The van der Waals surface area contributed by atoms with Crippen LogP contribution in [0, 0.1) is 0 Å². The Labute approximate surface area is 122 Å². The van der Waals surface area contributed by atoms with Gasteiger partial charge in [0.15, 0.2) is 11.6 Å². The zero-order valence-electron chi connectivity index (χ0n) is 11.9. The Morgan fingerprint density at radius 2 is 2.00 bits per heavy atom. The number of nitrogens with zero attached hydrogens (tertiary/aromatic N) is 1. The van der Waals surface area contributed by atoms with Crippen molar-refractivity contribution in [2.45, 2.75) is 26.3 Å². The van der Waals surface area contributed by atoms with Crippen molar-refractivity contribution in [1.29, 1.82) is 0 Å². The first-order valence-electron chi connectivity index (χ1n) is 6.85. The second kappa shape index (κ2) is 5.09. The summed E-state index contributed by atoms with van der Waals surface area (Å²) in [7, 11) is 0. The van der Waals surface area contributed by atoms with E-state index in [9.17, 15) is 9.59 Å². The van der Waals surface area contributed by atoms with Gasteiger partial charge < -0.3 is 9.32 Å². The molecular weight excluding hydrogens is 268 g/mol. The van der Waals surface area contributed by atoms with E-state index in [0.29, 0.717) is 0 Å². The van der Waals surface area contributed by atoms with Crippen LogP contribution in [0.3, 0.4) is 0 Å². The SMILES string of the molecule is CC(=O)Nc1ccc(C(=O)N2c3ccccc3CC2C)o1. The minimum atomic E-state index is -0.233. The molecule has 1 aliphatic heterocycles. The summed E-state index contributed by atoms with van der Waals surface area (Å²) in [6, 6.07) is 11.1. The predicted octanol–water partition coefficient (Wildman–Crippen LogP) is 2.83. The number of anilines is 2. The van der Waals surface area contributed by atoms with E-state index in [1.165, 1.54) is 6.92 Å². The number of fused-ring (bicyclic) bond motifs is 1. The normalized spacial score (nSPS) is 16.7. The van der Waals surface area contributed by atoms with Crippen molar-refractivity contribution < 1.29 is 14.0 Å². The highest BCUT2D eigenvalue weighted by Gasteiger charge is 2.32. The number of benzene rings is 1. The molecule has 1 aliphatic rings. The highest BCUT2D eigenvalue weighted by atomic mass is 16.4. The number of nitrogens with one attached hydrogen (secondary N) is 1. The third kappa shape index (κ3) is 2.42. The molecule has 1 N–H and O–H groups in total. The number of hydrogen-bond donors (Lipinski definition) is 1. The van der Waals surface area contributed by atoms with Crippen molar-refractivity contribution in [3.05, 3.63) is 47.7 Å². The highest BCUT2D eigenvalue weighted by Crippen LogP contribution is 2.33. The van der Waals surface area contributed by atoms with E-state index < -0.39 is 0 Å². The molecule has 3 rings (SSSR count). The number of rotatable bonds is 2. The van der Waals surface area contributed by atoms with Gasteiger partial charge in [0.05, 0.1) is 0 Å². The lowest BCUT2D eigenvalue weighted by atomic mass is 10.1. The number of carbonyl (C=O) groups is 2. The molecule has 2 heterocycles. The van der Waals surface area contributed by atoms with Gasteiger partial charge in [-0.25, -0.2) is 0 Å². The summed E-state index contributed by atoms with van der Waals surface area (Å²) in [5.74, 6) is 0.0839.